The van der Waals surface area contributed by atoms with Gasteiger partial charge in [-0.15, -0.1) is 0 Å². The highest BCUT2D eigenvalue weighted by molar-refractivity contribution is 5.78. The number of nitrogens with zero attached hydrogens (tertiary/aromatic N) is 4. The van der Waals surface area contributed by atoms with Crippen LogP contribution in [-0.4, -0.2) is 32.1 Å². The van der Waals surface area contributed by atoms with Gasteiger partial charge in [0, 0.05) is 18.7 Å². The Bertz CT molecular complexity index is 800. The largest absolute Gasteiger partial charge is 0.416 e. The van der Waals surface area contributed by atoms with Gasteiger partial charge in [0.1, 0.15) is 5.82 Å². The number of anilines is 1. The standard InChI is InChI=1S/C17H20F3N5O/c1-11(2)16(26)24-5-6-25-14(10-24)8-13(23-25)9-22-15-7-12(3-4-21-15)17(18,19)20/h3-4,7-8,11H,5-6,9-10H2,1-2H3,(H,21,22). The van der Waals surface area contributed by atoms with E-state index in [9.17, 15) is 18.0 Å². The van der Waals surface area contributed by atoms with Crippen LogP contribution in [0.2, 0.25) is 0 Å². The topological polar surface area (TPSA) is 63.1 Å². The molecule has 0 fully saturated rings. The molecule has 1 aliphatic rings. The lowest BCUT2D eigenvalue weighted by atomic mass is 10.1. The number of halogens is 3. The van der Waals surface area contributed by atoms with Crippen LogP contribution >= 0.6 is 0 Å². The number of aromatic nitrogens is 3. The first kappa shape index (κ1) is 18.2. The van der Waals surface area contributed by atoms with Crippen LogP contribution in [0.3, 0.4) is 0 Å². The minimum Gasteiger partial charge on any atom is -0.364 e. The molecule has 2 aromatic heterocycles. The Morgan fingerprint density at radius 3 is 2.77 bits per heavy atom. The lowest BCUT2D eigenvalue weighted by Crippen LogP contribution is -2.40. The molecule has 6 nitrogen and oxygen atoms in total. The Labute approximate surface area is 149 Å². The van der Waals surface area contributed by atoms with Crippen LogP contribution in [-0.2, 0) is 30.6 Å². The number of hydrogen-bond donors (Lipinski definition) is 1. The van der Waals surface area contributed by atoms with Gasteiger partial charge in [0.2, 0.25) is 5.91 Å². The highest BCUT2D eigenvalue weighted by Crippen LogP contribution is 2.30. The fraction of sp³-hybridized carbons (Fsp3) is 0.471. The third-order valence-electron chi connectivity index (χ3n) is 4.19. The van der Waals surface area contributed by atoms with E-state index in [2.05, 4.69) is 15.4 Å². The molecule has 140 valence electrons. The van der Waals surface area contributed by atoms with E-state index in [1.165, 1.54) is 0 Å². The summed E-state index contributed by atoms with van der Waals surface area (Å²) in [4.78, 5) is 17.8. The normalized spacial score (nSPS) is 14.5. The van der Waals surface area contributed by atoms with Gasteiger partial charge >= 0.3 is 6.18 Å². The van der Waals surface area contributed by atoms with Crippen molar-refractivity contribution in [2.75, 3.05) is 11.9 Å². The molecule has 1 amide bonds. The van der Waals surface area contributed by atoms with E-state index in [-0.39, 0.29) is 24.2 Å². The Kier molecular flexibility index (Phi) is 4.88. The molecule has 3 rings (SSSR count). The van der Waals surface area contributed by atoms with Crippen molar-refractivity contribution in [3.05, 3.63) is 41.3 Å². The van der Waals surface area contributed by atoms with Gasteiger partial charge in [-0.25, -0.2) is 4.98 Å². The molecule has 0 saturated heterocycles. The number of pyridine rings is 1. The molecule has 0 saturated carbocycles. The summed E-state index contributed by atoms with van der Waals surface area (Å²) < 4.78 is 40.1. The number of amides is 1. The summed E-state index contributed by atoms with van der Waals surface area (Å²) >= 11 is 0. The van der Waals surface area contributed by atoms with Gasteiger partial charge in [-0.05, 0) is 18.2 Å². The number of alkyl halides is 3. The molecule has 0 spiro atoms. The molecule has 1 aliphatic heterocycles. The second kappa shape index (κ2) is 6.97. The summed E-state index contributed by atoms with van der Waals surface area (Å²) in [5.74, 6) is 0.185. The maximum Gasteiger partial charge on any atom is 0.416 e. The molecule has 26 heavy (non-hydrogen) atoms. The van der Waals surface area contributed by atoms with Crippen molar-refractivity contribution < 1.29 is 18.0 Å². The highest BCUT2D eigenvalue weighted by Gasteiger charge is 2.30. The van der Waals surface area contributed by atoms with Crippen molar-refractivity contribution in [1.29, 1.82) is 0 Å². The number of hydrogen-bond acceptors (Lipinski definition) is 4. The van der Waals surface area contributed by atoms with Crippen LogP contribution in [0.1, 0.15) is 30.8 Å². The molecule has 0 aliphatic carbocycles. The van der Waals surface area contributed by atoms with Crippen molar-refractivity contribution in [2.45, 2.75) is 39.7 Å². The third-order valence-corrected chi connectivity index (χ3v) is 4.19. The Morgan fingerprint density at radius 1 is 1.31 bits per heavy atom. The minimum absolute atomic E-state index is 0.0578. The molecule has 9 heteroatoms. The summed E-state index contributed by atoms with van der Waals surface area (Å²) in [7, 11) is 0. The number of carbonyl (C=O) groups is 1. The smallest absolute Gasteiger partial charge is 0.364 e. The van der Waals surface area contributed by atoms with Crippen molar-refractivity contribution in [3.63, 3.8) is 0 Å². The van der Waals surface area contributed by atoms with Crippen molar-refractivity contribution in [2.24, 2.45) is 5.92 Å². The third kappa shape index (κ3) is 3.97. The van der Waals surface area contributed by atoms with E-state index in [1.54, 1.807) is 4.90 Å². The molecule has 0 aromatic carbocycles. The molecular weight excluding hydrogens is 347 g/mol. The van der Waals surface area contributed by atoms with Gasteiger partial charge in [0.25, 0.3) is 0 Å². The average molecular weight is 367 g/mol. The summed E-state index contributed by atoms with van der Waals surface area (Å²) in [6, 6.07) is 3.76. The van der Waals surface area contributed by atoms with Gasteiger partial charge in [-0.3, -0.25) is 9.48 Å². The molecule has 2 aromatic rings. The summed E-state index contributed by atoms with van der Waals surface area (Å²) in [5, 5.41) is 7.31. The van der Waals surface area contributed by atoms with Gasteiger partial charge in [-0.1, -0.05) is 13.8 Å². The van der Waals surface area contributed by atoms with Crippen LogP contribution in [0.25, 0.3) is 0 Å². The zero-order valence-corrected chi connectivity index (χ0v) is 14.5. The molecule has 0 radical (unpaired) electrons. The molecular formula is C17H20F3N5O. The van der Waals surface area contributed by atoms with Crippen LogP contribution in [0, 0.1) is 5.92 Å². The fourth-order valence-corrected chi connectivity index (χ4v) is 2.85. The van der Waals surface area contributed by atoms with Gasteiger partial charge in [-0.2, -0.15) is 18.3 Å². The van der Waals surface area contributed by atoms with E-state index >= 15 is 0 Å². The maximum absolute atomic E-state index is 12.7. The van der Waals surface area contributed by atoms with E-state index in [4.69, 9.17) is 0 Å². The maximum atomic E-state index is 12.7. The lowest BCUT2D eigenvalue weighted by Gasteiger charge is -2.29. The first-order valence-electron chi connectivity index (χ1n) is 8.35. The van der Waals surface area contributed by atoms with E-state index < -0.39 is 11.7 Å². The predicted molar refractivity (Wildman–Crippen MR) is 89.0 cm³/mol. The minimum atomic E-state index is -4.40. The molecule has 0 bridgehead atoms. The Morgan fingerprint density at radius 2 is 2.08 bits per heavy atom. The Balaban J connectivity index is 1.66. The first-order chi connectivity index (χ1) is 12.2. The molecule has 0 atom stereocenters. The monoisotopic (exact) mass is 367 g/mol. The summed E-state index contributed by atoms with van der Waals surface area (Å²) in [6.45, 7) is 5.69. The van der Waals surface area contributed by atoms with E-state index in [0.29, 0.717) is 25.3 Å². The number of rotatable bonds is 4. The SMILES string of the molecule is CC(C)C(=O)N1CCn2nc(CNc3cc(C(F)(F)F)ccn3)cc2C1. The van der Waals surface area contributed by atoms with E-state index in [0.717, 1.165) is 24.0 Å². The quantitative estimate of drug-likeness (QED) is 0.903. The average Bonchev–Trinajstić information content (AvgIpc) is 3.00. The highest BCUT2D eigenvalue weighted by atomic mass is 19.4. The first-order valence-corrected chi connectivity index (χ1v) is 8.35. The van der Waals surface area contributed by atoms with Crippen LogP contribution in [0.5, 0.6) is 0 Å². The second-order valence-corrected chi connectivity index (χ2v) is 6.55. The second-order valence-electron chi connectivity index (χ2n) is 6.55. The number of carbonyl (C=O) groups excluding carboxylic acids is 1. The van der Waals surface area contributed by atoms with Crippen molar-refractivity contribution in [3.8, 4) is 0 Å². The van der Waals surface area contributed by atoms with Gasteiger partial charge in [0.05, 0.1) is 36.6 Å². The van der Waals surface area contributed by atoms with Crippen molar-refractivity contribution in [1.82, 2.24) is 19.7 Å². The molecule has 1 N–H and O–H groups in total. The zero-order valence-electron chi connectivity index (χ0n) is 14.5. The summed E-state index contributed by atoms with van der Waals surface area (Å²) in [6.07, 6.45) is -3.28. The Hall–Kier alpha value is -2.58. The fourth-order valence-electron chi connectivity index (χ4n) is 2.85. The molecule has 3 heterocycles. The predicted octanol–water partition coefficient (Wildman–Crippen LogP) is 2.91. The van der Waals surface area contributed by atoms with Crippen molar-refractivity contribution >= 4 is 11.7 Å². The summed E-state index contributed by atoms with van der Waals surface area (Å²) in [5.41, 5.74) is 0.860. The van der Waals surface area contributed by atoms with Gasteiger partial charge < -0.3 is 10.2 Å². The van der Waals surface area contributed by atoms with Crippen LogP contribution < -0.4 is 5.32 Å². The zero-order chi connectivity index (χ0) is 18.9. The number of fused-ring (bicyclic) bond motifs is 1. The molecule has 0 unspecified atom stereocenters. The van der Waals surface area contributed by atoms with E-state index in [1.807, 2.05) is 24.6 Å². The van der Waals surface area contributed by atoms with Crippen LogP contribution in [0.15, 0.2) is 24.4 Å². The van der Waals surface area contributed by atoms with Crippen LogP contribution in [0.4, 0.5) is 19.0 Å². The number of nitrogens with one attached hydrogen (secondary N) is 1. The van der Waals surface area contributed by atoms with Gasteiger partial charge in [0.15, 0.2) is 0 Å². The lowest BCUT2D eigenvalue weighted by molar-refractivity contribution is -0.137.